The second-order valence-corrected chi connectivity index (χ2v) is 4.16. The zero-order valence-corrected chi connectivity index (χ0v) is 10.8. The van der Waals surface area contributed by atoms with Crippen LogP contribution in [0.15, 0.2) is 48.5 Å². The molecular formula is C15H13F2NO2. The summed E-state index contributed by atoms with van der Waals surface area (Å²) >= 11 is 0. The van der Waals surface area contributed by atoms with E-state index in [4.69, 9.17) is 4.74 Å². The largest absolute Gasteiger partial charge is 0.467 e. The Bertz CT molecular complexity index is 599. The molecule has 0 aromatic heterocycles. The van der Waals surface area contributed by atoms with Crippen molar-refractivity contribution in [1.29, 1.82) is 0 Å². The highest BCUT2D eigenvalue weighted by atomic mass is 19.1. The molecule has 20 heavy (non-hydrogen) atoms. The lowest BCUT2D eigenvalue weighted by Gasteiger charge is -2.18. The first-order chi connectivity index (χ1) is 9.60. The number of hydrogen-bond acceptors (Lipinski definition) is 3. The van der Waals surface area contributed by atoms with Gasteiger partial charge in [-0.25, -0.2) is 13.6 Å². The molecule has 0 aliphatic carbocycles. The molecule has 1 N–H and O–H groups in total. The quantitative estimate of drug-likeness (QED) is 0.871. The molecule has 0 saturated carbocycles. The average molecular weight is 277 g/mol. The fourth-order valence-electron chi connectivity index (χ4n) is 1.80. The number of ether oxygens (including phenoxy) is 1. The van der Waals surface area contributed by atoms with Gasteiger partial charge in [0.15, 0.2) is 6.04 Å². The second kappa shape index (κ2) is 6.14. The van der Waals surface area contributed by atoms with Crippen LogP contribution >= 0.6 is 0 Å². The monoisotopic (exact) mass is 277 g/mol. The topological polar surface area (TPSA) is 38.3 Å². The molecule has 0 aliphatic heterocycles. The van der Waals surface area contributed by atoms with Crippen LogP contribution in [0.25, 0.3) is 0 Å². The molecule has 0 radical (unpaired) electrons. The highest BCUT2D eigenvalue weighted by molar-refractivity contribution is 5.81. The maximum Gasteiger partial charge on any atom is 0.332 e. The van der Waals surface area contributed by atoms with Gasteiger partial charge in [0.25, 0.3) is 0 Å². The summed E-state index contributed by atoms with van der Waals surface area (Å²) in [5.41, 5.74) is 0.965. The van der Waals surface area contributed by atoms with Gasteiger partial charge in [-0.2, -0.15) is 0 Å². The maximum absolute atomic E-state index is 13.2. The van der Waals surface area contributed by atoms with Crippen LogP contribution in [0.5, 0.6) is 0 Å². The minimum atomic E-state index is -0.831. The summed E-state index contributed by atoms with van der Waals surface area (Å²) in [5.74, 6) is -1.36. The first-order valence-electron chi connectivity index (χ1n) is 5.95. The molecule has 104 valence electrons. The lowest BCUT2D eigenvalue weighted by molar-refractivity contribution is -0.141. The number of anilines is 1. The van der Waals surface area contributed by atoms with Crippen molar-refractivity contribution in [2.45, 2.75) is 6.04 Å². The van der Waals surface area contributed by atoms with Gasteiger partial charge in [0, 0.05) is 5.69 Å². The van der Waals surface area contributed by atoms with Gasteiger partial charge in [-0.3, -0.25) is 0 Å². The van der Waals surface area contributed by atoms with Crippen LogP contribution in [0.3, 0.4) is 0 Å². The molecule has 0 fully saturated rings. The summed E-state index contributed by atoms with van der Waals surface area (Å²) < 4.78 is 30.8. The van der Waals surface area contributed by atoms with Crippen molar-refractivity contribution in [2.75, 3.05) is 12.4 Å². The van der Waals surface area contributed by atoms with Gasteiger partial charge in [-0.15, -0.1) is 0 Å². The number of rotatable bonds is 4. The van der Waals surface area contributed by atoms with Gasteiger partial charge in [0.2, 0.25) is 0 Å². The Morgan fingerprint density at radius 1 is 1.10 bits per heavy atom. The minimum Gasteiger partial charge on any atom is -0.467 e. The third-order valence-electron chi connectivity index (χ3n) is 2.78. The fraction of sp³-hybridized carbons (Fsp3) is 0.133. The molecular weight excluding hydrogens is 264 g/mol. The van der Waals surface area contributed by atoms with E-state index in [-0.39, 0.29) is 0 Å². The predicted molar refractivity (Wildman–Crippen MR) is 71.2 cm³/mol. The molecule has 0 spiro atoms. The number of hydrogen-bond donors (Lipinski definition) is 1. The molecule has 0 bridgehead atoms. The zero-order valence-electron chi connectivity index (χ0n) is 10.8. The summed E-state index contributed by atoms with van der Waals surface area (Å²) in [7, 11) is 1.26. The molecule has 1 atom stereocenters. The molecule has 0 heterocycles. The predicted octanol–water partition coefficient (Wildman–Crippen LogP) is 3.29. The highest BCUT2D eigenvalue weighted by Crippen LogP contribution is 2.21. The average Bonchev–Trinajstić information content (AvgIpc) is 2.45. The Labute approximate surface area is 115 Å². The lowest BCUT2D eigenvalue weighted by atomic mass is 10.1. The van der Waals surface area contributed by atoms with Crippen molar-refractivity contribution >= 4 is 11.7 Å². The number of carbonyl (C=O) groups excluding carboxylic acids is 1. The van der Waals surface area contributed by atoms with Gasteiger partial charge < -0.3 is 10.1 Å². The molecule has 0 saturated heterocycles. The molecule has 2 aromatic carbocycles. The van der Waals surface area contributed by atoms with Gasteiger partial charge >= 0.3 is 5.97 Å². The molecule has 2 rings (SSSR count). The van der Waals surface area contributed by atoms with Gasteiger partial charge in [0.05, 0.1) is 7.11 Å². The van der Waals surface area contributed by atoms with Crippen molar-refractivity contribution < 1.29 is 18.3 Å². The smallest absolute Gasteiger partial charge is 0.332 e. The van der Waals surface area contributed by atoms with E-state index < -0.39 is 23.6 Å². The van der Waals surface area contributed by atoms with Gasteiger partial charge in [-0.05, 0) is 35.9 Å². The van der Waals surface area contributed by atoms with Crippen LogP contribution in [0, 0.1) is 11.6 Å². The first kappa shape index (κ1) is 14.0. The van der Waals surface area contributed by atoms with Crippen LogP contribution in [0.4, 0.5) is 14.5 Å². The fourth-order valence-corrected chi connectivity index (χ4v) is 1.80. The van der Waals surface area contributed by atoms with E-state index in [1.807, 2.05) is 0 Å². The molecule has 5 heteroatoms. The van der Waals surface area contributed by atoms with Gasteiger partial charge in [-0.1, -0.05) is 18.2 Å². The summed E-state index contributed by atoms with van der Waals surface area (Å²) in [6.07, 6.45) is 0. The SMILES string of the molecule is COC(=O)C(Nc1cccc(F)c1)c1ccc(F)cc1. The number of methoxy groups -OCH3 is 1. The van der Waals surface area contributed by atoms with E-state index in [0.717, 1.165) is 0 Å². The summed E-state index contributed by atoms with van der Waals surface area (Å²) in [6.45, 7) is 0. The maximum atomic E-state index is 13.2. The van der Waals surface area contributed by atoms with E-state index in [1.165, 1.54) is 49.6 Å². The number of benzene rings is 2. The molecule has 0 amide bonds. The molecule has 0 aliphatic rings. The Hall–Kier alpha value is -2.43. The Balaban J connectivity index is 2.28. The third kappa shape index (κ3) is 3.32. The van der Waals surface area contributed by atoms with Crippen LogP contribution in [-0.4, -0.2) is 13.1 Å². The van der Waals surface area contributed by atoms with Crippen LogP contribution in [0.1, 0.15) is 11.6 Å². The Kier molecular flexibility index (Phi) is 4.30. The Morgan fingerprint density at radius 3 is 2.40 bits per heavy atom. The van der Waals surface area contributed by atoms with E-state index in [9.17, 15) is 13.6 Å². The number of nitrogens with one attached hydrogen (secondary N) is 1. The summed E-state index contributed by atoms with van der Waals surface area (Å²) in [4.78, 5) is 11.8. The van der Waals surface area contributed by atoms with Crippen LogP contribution < -0.4 is 5.32 Å². The lowest BCUT2D eigenvalue weighted by Crippen LogP contribution is -2.22. The van der Waals surface area contributed by atoms with Crippen molar-refractivity contribution in [3.05, 3.63) is 65.7 Å². The van der Waals surface area contributed by atoms with Crippen molar-refractivity contribution in [3.8, 4) is 0 Å². The number of halogens is 2. The summed E-state index contributed by atoms with van der Waals surface area (Å²) in [5, 5.41) is 2.87. The zero-order chi connectivity index (χ0) is 14.5. The Morgan fingerprint density at radius 2 is 1.80 bits per heavy atom. The van der Waals surface area contributed by atoms with E-state index in [2.05, 4.69) is 5.32 Å². The van der Waals surface area contributed by atoms with Crippen molar-refractivity contribution in [3.63, 3.8) is 0 Å². The van der Waals surface area contributed by atoms with Crippen molar-refractivity contribution in [1.82, 2.24) is 0 Å². The molecule has 2 aromatic rings. The summed E-state index contributed by atoms with van der Waals surface area (Å²) in [6, 6.07) is 10.3. The second-order valence-electron chi connectivity index (χ2n) is 4.16. The minimum absolute atomic E-state index is 0.400. The first-order valence-corrected chi connectivity index (χ1v) is 5.95. The van der Waals surface area contributed by atoms with E-state index >= 15 is 0 Å². The van der Waals surface area contributed by atoms with Crippen LogP contribution in [0.2, 0.25) is 0 Å². The number of esters is 1. The molecule has 1 unspecified atom stereocenters. The molecule has 3 nitrogen and oxygen atoms in total. The van der Waals surface area contributed by atoms with Crippen LogP contribution in [-0.2, 0) is 9.53 Å². The normalized spacial score (nSPS) is 11.8. The standard InChI is InChI=1S/C15H13F2NO2/c1-20-15(19)14(10-5-7-11(16)8-6-10)18-13-4-2-3-12(17)9-13/h2-9,14,18H,1H3. The van der Waals surface area contributed by atoms with Gasteiger partial charge in [0.1, 0.15) is 11.6 Å². The number of carbonyl (C=O) groups is 1. The van der Waals surface area contributed by atoms with Crippen molar-refractivity contribution in [2.24, 2.45) is 0 Å². The third-order valence-corrected chi connectivity index (χ3v) is 2.78. The highest BCUT2D eigenvalue weighted by Gasteiger charge is 2.21. The van der Waals surface area contributed by atoms with E-state index in [0.29, 0.717) is 11.3 Å². The van der Waals surface area contributed by atoms with E-state index in [1.54, 1.807) is 6.07 Å².